The summed E-state index contributed by atoms with van der Waals surface area (Å²) >= 11 is 0. The molecule has 36 heavy (non-hydrogen) atoms. The lowest BCUT2D eigenvalue weighted by molar-refractivity contribution is 0.122. The smallest absolute Gasteiger partial charge is 0.296 e. The van der Waals surface area contributed by atoms with E-state index in [9.17, 15) is 13.2 Å². The Morgan fingerprint density at radius 1 is 0.944 bits per heavy atom. The fourth-order valence-corrected chi connectivity index (χ4v) is 4.28. The van der Waals surface area contributed by atoms with Gasteiger partial charge in [-0.2, -0.15) is 15.0 Å². The molecule has 3 heterocycles. The molecule has 1 saturated heterocycles. The number of para-hydroxylation sites is 2. The summed E-state index contributed by atoms with van der Waals surface area (Å²) in [6.07, 6.45) is -2.49. The summed E-state index contributed by atoms with van der Waals surface area (Å²) < 4.78 is 49.1. The van der Waals surface area contributed by atoms with Gasteiger partial charge in [0, 0.05) is 18.6 Å². The molecule has 1 aliphatic rings. The van der Waals surface area contributed by atoms with Gasteiger partial charge < -0.3 is 15.0 Å². The van der Waals surface area contributed by atoms with Gasteiger partial charge in [0.2, 0.25) is 17.8 Å². The minimum atomic E-state index is -2.84. The van der Waals surface area contributed by atoms with Crippen molar-refractivity contribution in [2.45, 2.75) is 32.2 Å². The predicted octanol–water partition coefficient (Wildman–Crippen LogP) is 4.56. The van der Waals surface area contributed by atoms with Crippen LogP contribution in [0.2, 0.25) is 0 Å². The standard InChI is InChI=1S/C25H26F3N7O/c1-25(2,15-16-7-3-4-8-17(16)26)33-22-30-23(34-11-13-36-14-12-34)32-24(31-22)35-19-10-6-5-9-18(19)29-21(35)20(27)28/h3-10,20H,11-15H2,1-2H3,(H,30,31,32,33). The quantitative estimate of drug-likeness (QED) is 0.401. The molecule has 1 aliphatic heterocycles. The number of aromatic nitrogens is 5. The van der Waals surface area contributed by atoms with Crippen molar-refractivity contribution in [3.63, 3.8) is 0 Å². The second-order valence-corrected chi connectivity index (χ2v) is 9.23. The Balaban J connectivity index is 1.59. The summed E-state index contributed by atoms with van der Waals surface area (Å²) in [5, 5.41) is 3.26. The lowest BCUT2D eigenvalue weighted by Crippen LogP contribution is -2.39. The third-order valence-electron chi connectivity index (χ3n) is 5.93. The van der Waals surface area contributed by atoms with E-state index in [0.29, 0.717) is 55.3 Å². The van der Waals surface area contributed by atoms with Crippen molar-refractivity contribution in [1.82, 2.24) is 24.5 Å². The number of ether oxygens (including phenoxy) is 1. The number of imidazole rings is 1. The Morgan fingerprint density at radius 3 is 2.39 bits per heavy atom. The van der Waals surface area contributed by atoms with Gasteiger partial charge >= 0.3 is 0 Å². The topological polar surface area (TPSA) is 81.0 Å². The first-order valence-electron chi connectivity index (χ1n) is 11.7. The summed E-state index contributed by atoms with van der Waals surface area (Å²) in [5.41, 5.74) is 0.753. The summed E-state index contributed by atoms with van der Waals surface area (Å²) in [7, 11) is 0. The van der Waals surface area contributed by atoms with E-state index < -0.39 is 17.8 Å². The summed E-state index contributed by atoms with van der Waals surface area (Å²) in [5.74, 6) is -0.193. The molecule has 0 bridgehead atoms. The molecule has 188 valence electrons. The highest BCUT2D eigenvalue weighted by Crippen LogP contribution is 2.28. The zero-order valence-electron chi connectivity index (χ0n) is 20.0. The first-order valence-corrected chi connectivity index (χ1v) is 11.7. The average molecular weight is 498 g/mol. The molecule has 0 aliphatic carbocycles. The van der Waals surface area contributed by atoms with E-state index in [1.54, 1.807) is 42.5 Å². The molecule has 4 aromatic rings. The van der Waals surface area contributed by atoms with Gasteiger partial charge in [0.15, 0.2) is 5.82 Å². The van der Waals surface area contributed by atoms with Crippen molar-refractivity contribution in [2.24, 2.45) is 0 Å². The van der Waals surface area contributed by atoms with E-state index in [1.807, 2.05) is 18.7 Å². The van der Waals surface area contributed by atoms with Gasteiger partial charge in [0.25, 0.3) is 6.43 Å². The van der Waals surface area contributed by atoms with E-state index in [4.69, 9.17) is 4.74 Å². The number of nitrogens with zero attached hydrogens (tertiary/aromatic N) is 6. The Bertz CT molecular complexity index is 1370. The lowest BCUT2D eigenvalue weighted by Gasteiger charge is -2.29. The maximum absolute atomic E-state index is 14.3. The summed E-state index contributed by atoms with van der Waals surface area (Å²) in [6.45, 7) is 5.89. The maximum atomic E-state index is 14.3. The maximum Gasteiger partial charge on any atom is 0.296 e. The van der Waals surface area contributed by atoms with Crippen molar-refractivity contribution in [1.29, 1.82) is 0 Å². The van der Waals surface area contributed by atoms with Gasteiger partial charge in [-0.25, -0.2) is 18.2 Å². The molecule has 2 aromatic carbocycles. The van der Waals surface area contributed by atoms with Gasteiger partial charge in [-0.15, -0.1) is 0 Å². The van der Waals surface area contributed by atoms with E-state index in [1.165, 1.54) is 10.6 Å². The minimum Gasteiger partial charge on any atom is -0.378 e. The molecule has 5 rings (SSSR count). The Kier molecular flexibility index (Phi) is 6.48. The van der Waals surface area contributed by atoms with Gasteiger partial charge in [-0.05, 0) is 44.0 Å². The van der Waals surface area contributed by atoms with Crippen LogP contribution >= 0.6 is 0 Å². The van der Waals surface area contributed by atoms with Crippen LogP contribution in [-0.4, -0.2) is 56.3 Å². The Morgan fingerprint density at radius 2 is 1.64 bits per heavy atom. The number of nitrogens with one attached hydrogen (secondary N) is 1. The number of fused-ring (bicyclic) bond motifs is 1. The molecule has 8 nitrogen and oxygen atoms in total. The third kappa shape index (κ3) is 4.97. The molecule has 1 fully saturated rings. The zero-order chi connectivity index (χ0) is 25.3. The van der Waals surface area contributed by atoms with Gasteiger partial charge in [-0.3, -0.25) is 4.57 Å². The third-order valence-corrected chi connectivity index (χ3v) is 5.93. The van der Waals surface area contributed by atoms with Crippen molar-refractivity contribution >= 4 is 22.9 Å². The van der Waals surface area contributed by atoms with Crippen LogP contribution in [0.4, 0.5) is 25.1 Å². The Labute approximate surface area is 206 Å². The van der Waals surface area contributed by atoms with Crippen LogP contribution < -0.4 is 10.2 Å². The van der Waals surface area contributed by atoms with E-state index in [2.05, 4.69) is 25.3 Å². The van der Waals surface area contributed by atoms with Crippen molar-refractivity contribution in [3.8, 4) is 5.95 Å². The number of morpholine rings is 1. The van der Waals surface area contributed by atoms with Gasteiger partial charge in [-0.1, -0.05) is 30.3 Å². The van der Waals surface area contributed by atoms with Crippen LogP contribution in [0.1, 0.15) is 31.7 Å². The zero-order valence-corrected chi connectivity index (χ0v) is 20.0. The highest BCUT2D eigenvalue weighted by Gasteiger charge is 2.26. The first kappa shape index (κ1) is 24.0. The lowest BCUT2D eigenvalue weighted by atomic mass is 9.95. The number of halogens is 3. The van der Waals surface area contributed by atoms with E-state index in [-0.39, 0.29) is 17.7 Å². The highest BCUT2D eigenvalue weighted by molar-refractivity contribution is 5.77. The number of hydrogen-bond donors (Lipinski definition) is 1. The first-order chi connectivity index (χ1) is 17.3. The van der Waals surface area contributed by atoms with Crippen LogP contribution in [0.25, 0.3) is 17.0 Å². The van der Waals surface area contributed by atoms with Crippen LogP contribution in [0.15, 0.2) is 48.5 Å². The molecular formula is C25H26F3N7O. The van der Waals surface area contributed by atoms with Crippen molar-refractivity contribution in [2.75, 3.05) is 36.5 Å². The molecule has 0 amide bonds. The summed E-state index contributed by atoms with van der Waals surface area (Å²) in [6, 6.07) is 13.4. The Hall–Kier alpha value is -3.73. The molecule has 0 atom stereocenters. The number of rotatable bonds is 7. The molecule has 11 heteroatoms. The van der Waals surface area contributed by atoms with Gasteiger partial charge in [0.1, 0.15) is 5.82 Å². The fraction of sp³-hybridized carbons (Fsp3) is 0.360. The predicted molar refractivity (Wildman–Crippen MR) is 130 cm³/mol. The summed E-state index contributed by atoms with van der Waals surface area (Å²) in [4.78, 5) is 19.7. The fourth-order valence-electron chi connectivity index (χ4n) is 4.28. The van der Waals surface area contributed by atoms with Crippen LogP contribution in [0.5, 0.6) is 0 Å². The normalized spacial score (nSPS) is 14.6. The molecule has 1 N–H and O–H groups in total. The number of anilines is 2. The molecule has 0 spiro atoms. The highest BCUT2D eigenvalue weighted by atomic mass is 19.3. The van der Waals surface area contributed by atoms with Crippen molar-refractivity contribution in [3.05, 3.63) is 65.7 Å². The van der Waals surface area contributed by atoms with Crippen LogP contribution in [0, 0.1) is 5.82 Å². The molecule has 0 radical (unpaired) electrons. The van der Waals surface area contributed by atoms with Crippen LogP contribution in [-0.2, 0) is 11.2 Å². The average Bonchev–Trinajstić information content (AvgIpc) is 3.26. The monoisotopic (exact) mass is 497 g/mol. The molecule has 2 aromatic heterocycles. The number of alkyl halides is 2. The largest absolute Gasteiger partial charge is 0.378 e. The second kappa shape index (κ2) is 9.73. The van der Waals surface area contributed by atoms with Crippen LogP contribution in [0.3, 0.4) is 0 Å². The van der Waals surface area contributed by atoms with Crippen molar-refractivity contribution < 1.29 is 17.9 Å². The van der Waals surface area contributed by atoms with E-state index in [0.717, 1.165) is 0 Å². The minimum absolute atomic E-state index is 0.0275. The molecule has 0 saturated carbocycles. The second-order valence-electron chi connectivity index (χ2n) is 9.23. The van der Waals surface area contributed by atoms with Gasteiger partial charge in [0.05, 0.1) is 24.2 Å². The number of benzene rings is 2. The molecular weight excluding hydrogens is 471 g/mol. The molecule has 0 unspecified atom stereocenters. The van der Waals surface area contributed by atoms with E-state index >= 15 is 0 Å². The SMILES string of the molecule is CC(C)(Cc1ccccc1F)Nc1nc(N2CCOCC2)nc(-n2c(C(F)F)nc3ccccc32)n1. The number of hydrogen-bond acceptors (Lipinski definition) is 7.